The molecule has 0 spiro atoms. The fraction of sp³-hybridized carbons (Fsp3) is 0.222. The van der Waals surface area contributed by atoms with Gasteiger partial charge in [0, 0.05) is 11.4 Å². The van der Waals surface area contributed by atoms with E-state index in [2.05, 4.69) is 0 Å². The average Bonchev–Trinajstić information content (AvgIpc) is 2.07. The van der Waals surface area contributed by atoms with E-state index in [1.54, 1.807) is 12.1 Å². The number of phenols is 1. The number of hydrogen-bond donors (Lipinski definition) is 1. The van der Waals surface area contributed by atoms with E-state index in [1.165, 1.54) is 6.07 Å². The van der Waals surface area contributed by atoms with Crippen LogP contribution in [0.25, 0.3) is 0 Å². The van der Waals surface area contributed by atoms with Gasteiger partial charge >= 0.3 is 0 Å². The topological polar surface area (TPSA) is 37.3 Å². The number of hydrogen-bond acceptors (Lipinski definition) is 2. The van der Waals surface area contributed by atoms with Gasteiger partial charge < -0.3 is 9.90 Å². The SMILES string of the molecule is O=CCCc1cc(Cl)ccc1O. The molecule has 3 heteroatoms. The number of halogens is 1. The summed E-state index contributed by atoms with van der Waals surface area (Å²) in [5.74, 6) is 0.196. The number of rotatable bonds is 3. The minimum absolute atomic E-state index is 0.196. The van der Waals surface area contributed by atoms with Crippen LogP contribution in [0, 0.1) is 0 Å². The standard InChI is InChI=1S/C9H9ClO2/c10-8-3-4-9(12)7(6-8)2-1-5-11/h3-6,12H,1-2H2. The molecular formula is C9H9ClO2. The third-order valence-corrected chi connectivity index (χ3v) is 1.81. The first-order valence-electron chi connectivity index (χ1n) is 3.65. The predicted octanol–water partition coefficient (Wildman–Crippen LogP) is 2.18. The molecule has 0 fully saturated rings. The largest absolute Gasteiger partial charge is 0.508 e. The average molecular weight is 185 g/mol. The van der Waals surface area contributed by atoms with E-state index < -0.39 is 0 Å². The molecule has 0 aliphatic heterocycles. The van der Waals surface area contributed by atoms with Crippen molar-refractivity contribution in [1.29, 1.82) is 0 Å². The summed E-state index contributed by atoms with van der Waals surface area (Å²) in [5, 5.41) is 9.86. The zero-order valence-corrected chi connectivity index (χ0v) is 7.21. The lowest BCUT2D eigenvalue weighted by atomic mass is 10.1. The normalized spacial score (nSPS) is 9.75. The van der Waals surface area contributed by atoms with Crippen LogP contribution in [0.4, 0.5) is 0 Å². The monoisotopic (exact) mass is 184 g/mol. The molecular weight excluding hydrogens is 176 g/mol. The molecule has 0 aromatic heterocycles. The van der Waals surface area contributed by atoms with Gasteiger partial charge in [-0.2, -0.15) is 0 Å². The maximum atomic E-state index is 10.1. The maximum absolute atomic E-state index is 10.1. The van der Waals surface area contributed by atoms with Crippen LogP contribution in [0.2, 0.25) is 5.02 Å². The number of benzene rings is 1. The highest BCUT2D eigenvalue weighted by Crippen LogP contribution is 2.22. The summed E-state index contributed by atoms with van der Waals surface area (Å²) in [6.45, 7) is 0. The first kappa shape index (κ1) is 9.07. The van der Waals surface area contributed by atoms with Gasteiger partial charge in [-0.15, -0.1) is 0 Å². The quantitative estimate of drug-likeness (QED) is 0.732. The van der Waals surface area contributed by atoms with Gasteiger partial charge in [0.25, 0.3) is 0 Å². The molecule has 64 valence electrons. The lowest BCUT2D eigenvalue weighted by molar-refractivity contribution is -0.107. The van der Waals surface area contributed by atoms with Crippen LogP contribution in [0.15, 0.2) is 18.2 Å². The van der Waals surface area contributed by atoms with E-state index in [0.29, 0.717) is 17.9 Å². The van der Waals surface area contributed by atoms with Crippen LogP contribution in [0.3, 0.4) is 0 Å². The molecule has 1 aromatic rings. The Bertz CT molecular complexity index is 284. The minimum atomic E-state index is 0.196. The second-order valence-corrected chi connectivity index (χ2v) is 2.91. The fourth-order valence-electron chi connectivity index (χ4n) is 0.969. The Kier molecular flexibility index (Phi) is 3.11. The molecule has 0 bridgehead atoms. The van der Waals surface area contributed by atoms with Gasteiger partial charge in [-0.05, 0) is 30.2 Å². The molecule has 0 unspecified atom stereocenters. The van der Waals surface area contributed by atoms with Crippen molar-refractivity contribution in [3.8, 4) is 5.75 Å². The molecule has 1 aromatic carbocycles. The van der Waals surface area contributed by atoms with E-state index >= 15 is 0 Å². The van der Waals surface area contributed by atoms with E-state index in [9.17, 15) is 9.90 Å². The molecule has 2 nitrogen and oxygen atoms in total. The Morgan fingerprint density at radius 3 is 2.92 bits per heavy atom. The van der Waals surface area contributed by atoms with Gasteiger partial charge in [0.1, 0.15) is 12.0 Å². The molecule has 0 radical (unpaired) electrons. The highest BCUT2D eigenvalue weighted by Gasteiger charge is 2.00. The minimum Gasteiger partial charge on any atom is -0.508 e. The van der Waals surface area contributed by atoms with Gasteiger partial charge in [-0.1, -0.05) is 11.6 Å². The van der Waals surface area contributed by atoms with Gasteiger partial charge in [0.2, 0.25) is 0 Å². The molecule has 0 saturated carbocycles. The molecule has 12 heavy (non-hydrogen) atoms. The third-order valence-electron chi connectivity index (χ3n) is 1.57. The molecule has 0 atom stereocenters. The van der Waals surface area contributed by atoms with Crippen molar-refractivity contribution in [2.75, 3.05) is 0 Å². The van der Waals surface area contributed by atoms with E-state index in [1.807, 2.05) is 0 Å². The Labute approximate surface area is 75.8 Å². The van der Waals surface area contributed by atoms with E-state index in [-0.39, 0.29) is 5.75 Å². The molecule has 0 aliphatic rings. The third kappa shape index (κ3) is 2.24. The summed E-state index contributed by atoms with van der Waals surface area (Å²) in [7, 11) is 0. The Morgan fingerprint density at radius 1 is 1.50 bits per heavy atom. The lowest BCUT2D eigenvalue weighted by Gasteiger charge is -2.01. The van der Waals surface area contributed by atoms with Crippen molar-refractivity contribution < 1.29 is 9.90 Å². The van der Waals surface area contributed by atoms with Gasteiger partial charge in [-0.3, -0.25) is 0 Å². The second kappa shape index (κ2) is 4.12. The number of phenolic OH excluding ortho intramolecular Hbond substituents is 1. The van der Waals surface area contributed by atoms with Crippen molar-refractivity contribution >= 4 is 17.9 Å². The van der Waals surface area contributed by atoms with Crippen molar-refractivity contribution in [3.63, 3.8) is 0 Å². The Hall–Kier alpha value is -1.02. The number of carbonyl (C=O) groups excluding carboxylic acids is 1. The van der Waals surface area contributed by atoms with Gasteiger partial charge in [0.15, 0.2) is 0 Å². The van der Waals surface area contributed by atoms with Crippen molar-refractivity contribution in [1.82, 2.24) is 0 Å². The number of aromatic hydroxyl groups is 1. The highest BCUT2D eigenvalue weighted by atomic mass is 35.5. The summed E-state index contributed by atoms with van der Waals surface area (Å²) in [5.41, 5.74) is 0.717. The second-order valence-electron chi connectivity index (χ2n) is 2.48. The summed E-state index contributed by atoms with van der Waals surface area (Å²) in [6.07, 6.45) is 1.77. The maximum Gasteiger partial charge on any atom is 0.120 e. The van der Waals surface area contributed by atoms with Crippen molar-refractivity contribution in [2.45, 2.75) is 12.8 Å². The zero-order valence-electron chi connectivity index (χ0n) is 6.46. The summed E-state index contributed by atoms with van der Waals surface area (Å²) in [4.78, 5) is 10.1. The van der Waals surface area contributed by atoms with Gasteiger partial charge in [-0.25, -0.2) is 0 Å². The summed E-state index contributed by atoms with van der Waals surface area (Å²) in [6, 6.07) is 4.81. The van der Waals surface area contributed by atoms with E-state index in [0.717, 1.165) is 11.8 Å². The highest BCUT2D eigenvalue weighted by molar-refractivity contribution is 6.30. The summed E-state index contributed by atoms with van der Waals surface area (Å²) < 4.78 is 0. The van der Waals surface area contributed by atoms with Crippen LogP contribution < -0.4 is 0 Å². The Morgan fingerprint density at radius 2 is 2.25 bits per heavy atom. The fourth-order valence-corrected chi connectivity index (χ4v) is 1.16. The van der Waals surface area contributed by atoms with Gasteiger partial charge in [0.05, 0.1) is 0 Å². The first-order valence-corrected chi connectivity index (χ1v) is 4.03. The van der Waals surface area contributed by atoms with E-state index in [4.69, 9.17) is 11.6 Å². The molecule has 0 aliphatic carbocycles. The zero-order chi connectivity index (χ0) is 8.97. The smallest absolute Gasteiger partial charge is 0.120 e. The van der Waals surface area contributed by atoms with Crippen LogP contribution in [-0.4, -0.2) is 11.4 Å². The Balaban J connectivity index is 2.82. The number of aldehydes is 1. The molecule has 0 heterocycles. The molecule has 0 amide bonds. The predicted molar refractivity (Wildman–Crippen MR) is 47.5 cm³/mol. The van der Waals surface area contributed by atoms with Crippen LogP contribution in [0.1, 0.15) is 12.0 Å². The van der Waals surface area contributed by atoms with Crippen molar-refractivity contribution in [3.05, 3.63) is 28.8 Å². The van der Waals surface area contributed by atoms with Crippen LogP contribution >= 0.6 is 11.6 Å². The van der Waals surface area contributed by atoms with Crippen LogP contribution in [0.5, 0.6) is 5.75 Å². The van der Waals surface area contributed by atoms with Crippen molar-refractivity contribution in [2.24, 2.45) is 0 Å². The molecule has 1 N–H and O–H groups in total. The first-order chi connectivity index (χ1) is 5.74. The van der Waals surface area contributed by atoms with Crippen LogP contribution in [-0.2, 0) is 11.2 Å². The molecule has 1 rings (SSSR count). The summed E-state index contributed by atoms with van der Waals surface area (Å²) >= 11 is 5.70. The number of carbonyl (C=O) groups is 1. The lowest BCUT2D eigenvalue weighted by Crippen LogP contribution is -1.86. The number of aryl methyl sites for hydroxylation is 1. The molecule has 0 saturated heterocycles.